The van der Waals surface area contributed by atoms with E-state index in [0.29, 0.717) is 6.54 Å². The molecule has 0 radical (unpaired) electrons. The Morgan fingerprint density at radius 3 is 2.46 bits per heavy atom. The number of carbonyl (C=O) groups is 1. The molecule has 2 rings (SSSR count). The molecule has 132 valence electrons. The second kappa shape index (κ2) is 7.71. The molecule has 24 heavy (non-hydrogen) atoms. The molecule has 0 aliphatic carbocycles. The predicted octanol–water partition coefficient (Wildman–Crippen LogP) is -0.258. The number of aromatic hydroxyl groups is 1. The average molecular weight is 353 g/mol. The number of piperazine rings is 1. The summed E-state index contributed by atoms with van der Waals surface area (Å²) in [6.07, 6.45) is 1.40. The first-order valence-electron chi connectivity index (χ1n) is 7.79. The fourth-order valence-corrected chi connectivity index (χ4v) is 2.78. The van der Waals surface area contributed by atoms with Crippen LogP contribution in [0.5, 0.6) is 5.88 Å². The molecular formula is C15H23N5O3S. The van der Waals surface area contributed by atoms with E-state index in [4.69, 9.17) is 12.2 Å². The van der Waals surface area contributed by atoms with Gasteiger partial charge < -0.3 is 10.0 Å². The fraction of sp³-hybridized carbons (Fsp3) is 0.600. The molecule has 0 bridgehead atoms. The zero-order valence-corrected chi connectivity index (χ0v) is 15.0. The van der Waals surface area contributed by atoms with E-state index >= 15 is 0 Å². The van der Waals surface area contributed by atoms with Crippen LogP contribution in [0.2, 0.25) is 0 Å². The van der Waals surface area contributed by atoms with Crippen LogP contribution in [0.3, 0.4) is 0 Å². The maximum atomic E-state index is 12.1. The minimum absolute atomic E-state index is 0.108. The largest absolute Gasteiger partial charge is 0.494 e. The first-order chi connectivity index (χ1) is 11.3. The fourth-order valence-electron chi connectivity index (χ4n) is 2.61. The molecule has 1 fully saturated rings. The van der Waals surface area contributed by atoms with E-state index < -0.39 is 0 Å². The van der Waals surface area contributed by atoms with Crippen molar-refractivity contribution in [3.63, 3.8) is 0 Å². The Hall–Kier alpha value is -2.00. The summed E-state index contributed by atoms with van der Waals surface area (Å²) in [5, 5.41) is 10.1. The lowest BCUT2D eigenvalue weighted by atomic mass is 10.3. The highest BCUT2D eigenvalue weighted by atomic mass is 32.1. The summed E-state index contributed by atoms with van der Waals surface area (Å²) >= 11 is 5.06. The molecule has 1 saturated heterocycles. The number of aliphatic imine (C=N–C) groups is 1. The summed E-state index contributed by atoms with van der Waals surface area (Å²) in [6, 6.07) is 0. The molecule has 0 unspecified atom stereocenters. The van der Waals surface area contributed by atoms with Gasteiger partial charge in [-0.3, -0.25) is 28.6 Å². The monoisotopic (exact) mass is 353 g/mol. The third kappa shape index (κ3) is 3.90. The van der Waals surface area contributed by atoms with Crippen LogP contribution >= 0.6 is 12.2 Å². The number of amides is 1. The highest BCUT2D eigenvalue weighted by Gasteiger charge is 2.17. The minimum Gasteiger partial charge on any atom is -0.494 e. The van der Waals surface area contributed by atoms with Crippen LogP contribution in [0, 0.1) is 4.77 Å². The minimum atomic E-state index is -0.366. The van der Waals surface area contributed by atoms with Crippen LogP contribution < -0.4 is 5.56 Å². The van der Waals surface area contributed by atoms with Gasteiger partial charge in [0.05, 0.1) is 6.54 Å². The first-order valence-corrected chi connectivity index (χ1v) is 8.20. The van der Waals surface area contributed by atoms with E-state index in [9.17, 15) is 14.7 Å². The molecule has 0 spiro atoms. The normalized spacial score (nSPS) is 16.0. The Labute approximate surface area is 145 Å². The SMILES string of the molecule is CC(=O)N1CCN(CCN=Cc2c(O)n(C)c(=S)n(C)c2=O)CC1. The number of hydrogen-bond acceptors (Lipinski definition) is 6. The third-order valence-electron chi connectivity index (χ3n) is 4.25. The average Bonchev–Trinajstić information content (AvgIpc) is 2.58. The molecule has 1 aromatic rings. The Morgan fingerprint density at radius 2 is 1.88 bits per heavy atom. The van der Waals surface area contributed by atoms with Gasteiger partial charge in [-0.2, -0.15) is 0 Å². The van der Waals surface area contributed by atoms with Gasteiger partial charge in [-0.25, -0.2) is 0 Å². The number of rotatable bonds is 4. The first kappa shape index (κ1) is 18.3. The van der Waals surface area contributed by atoms with Gasteiger partial charge in [0.25, 0.3) is 5.56 Å². The summed E-state index contributed by atoms with van der Waals surface area (Å²) in [7, 11) is 3.17. The maximum Gasteiger partial charge on any atom is 0.266 e. The van der Waals surface area contributed by atoms with Gasteiger partial charge in [0.2, 0.25) is 11.8 Å². The van der Waals surface area contributed by atoms with Gasteiger partial charge in [0.15, 0.2) is 4.77 Å². The molecule has 1 aliphatic heterocycles. The smallest absolute Gasteiger partial charge is 0.266 e. The Kier molecular flexibility index (Phi) is 5.89. The van der Waals surface area contributed by atoms with Gasteiger partial charge in [0.1, 0.15) is 5.56 Å². The predicted molar refractivity (Wildman–Crippen MR) is 94.3 cm³/mol. The topological polar surface area (TPSA) is 83.1 Å². The van der Waals surface area contributed by atoms with Gasteiger partial charge >= 0.3 is 0 Å². The van der Waals surface area contributed by atoms with Crippen molar-refractivity contribution in [1.82, 2.24) is 18.9 Å². The van der Waals surface area contributed by atoms with E-state index in [2.05, 4.69) is 9.89 Å². The summed E-state index contributed by atoms with van der Waals surface area (Å²) < 4.78 is 2.93. The van der Waals surface area contributed by atoms with Crippen molar-refractivity contribution >= 4 is 24.3 Å². The van der Waals surface area contributed by atoms with Crippen LogP contribution in [0.4, 0.5) is 0 Å². The zero-order valence-electron chi connectivity index (χ0n) is 14.2. The standard InChI is InChI=1S/C15H23N5O3S/c1-11(21)20-8-6-19(7-9-20)5-4-16-10-12-13(22)17(2)15(24)18(3)14(12)23/h10,22H,4-9H2,1-3H3. The van der Waals surface area contributed by atoms with Crippen molar-refractivity contribution in [2.45, 2.75) is 6.92 Å². The molecule has 9 heteroatoms. The highest BCUT2D eigenvalue weighted by molar-refractivity contribution is 7.71. The molecule has 1 aromatic heterocycles. The summed E-state index contributed by atoms with van der Waals surface area (Å²) in [5.74, 6) is -0.0704. The molecule has 0 atom stereocenters. The van der Waals surface area contributed by atoms with Gasteiger partial charge in [0, 0.05) is 60.0 Å². The molecule has 2 heterocycles. The second-order valence-corrected chi connectivity index (χ2v) is 6.19. The van der Waals surface area contributed by atoms with E-state index in [1.165, 1.54) is 15.3 Å². The number of aromatic nitrogens is 2. The lowest BCUT2D eigenvalue weighted by Crippen LogP contribution is -2.48. The molecule has 8 nitrogen and oxygen atoms in total. The van der Waals surface area contributed by atoms with Crippen molar-refractivity contribution in [2.75, 3.05) is 39.3 Å². The van der Waals surface area contributed by atoms with Gasteiger partial charge in [-0.1, -0.05) is 0 Å². The van der Waals surface area contributed by atoms with Gasteiger partial charge in [-0.15, -0.1) is 0 Å². The Bertz CT molecular complexity index is 760. The molecular weight excluding hydrogens is 330 g/mol. The molecule has 1 aliphatic rings. The lowest BCUT2D eigenvalue weighted by molar-refractivity contribution is -0.130. The van der Waals surface area contributed by atoms with E-state index in [0.717, 1.165) is 32.7 Å². The second-order valence-electron chi connectivity index (χ2n) is 5.83. The van der Waals surface area contributed by atoms with Crippen molar-refractivity contribution < 1.29 is 9.90 Å². The Balaban J connectivity index is 1.96. The van der Waals surface area contributed by atoms with Crippen LogP contribution in [-0.4, -0.2) is 75.4 Å². The lowest BCUT2D eigenvalue weighted by Gasteiger charge is -2.33. The summed E-state index contributed by atoms with van der Waals surface area (Å²) in [4.78, 5) is 31.7. The molecule has 1 amide bonds. The summed E-state index contributed by atoms with van der Waals surface area (Å²) in [6.45, 7) is 5.95. The maximum absolute atomic E-state index is 12.1. The van der Waals surface area contributed by atoms with Crippen LogP contribution in [0.25, 0.3) is 0 Å². The quantitative estimate of drug-likeness (QED) is 0.596. The number of nitrogens with zero attached hydrogens (tertiary/aromatic N) is 5. The zero-order chi connectivity index (χ0) is 17.9. The van der Waals surface area contributed by atoms with E-state index in [-0.39, 0.29) is 27.7 Å². The molecule has 1 N–H and O–H groups in total. The highest BCUT2D eigenvalue weighted by Crippen LogP contribution is 2.09. The van der Waals surface area contributed by atoms with Crippen molar-refractivity contribution in [3.8, 4) is 5.88 Å². The molecule has 0 aromatic carbocycles. The van der Waals surface area contributed by atoms with Crippen molar-refractivity contribution in [2.24, 2.45) is 19.1 Å². The van der Waals surface area contributed by atoms with Crippen molar-refractivity contribution in [3.05, 3.63) is 20.7 Å². The van der Waals surface area contributed by atoms with Gasteiger partial charge in [-0.05, 0) is 12.2 Å². The van der Waals surface area contributed by atoms with Crippen LogP contribution in [-0.2, 0) is 18.9 Å². The van der Waals surface area contributed by atoms with Crippen molar-refractivity contribution in [1.29, 1.82) is 0 Å². The number of hydrogen-bond donors (Lipinski definition) is 1. The van der Waals surface area contributed by atoms with Crippen LogP contribution in [0.15, 0.2) is 9.79 Å². The summed E-state index contributed by atoms with van der Waals surface area (Å²) in [5.41, 5.74) is -0.232. The molecule has 0 saturated carbocycles. The third-order valence-corrected chi connectivity index (χ3v) is 4.80. The number of carbonyl (C=O) groups excluding carboxylic acids is 1. The Morgan fingerprint density at radius 1 is 1.25 bits per heavy atom. The van der Waals surface area contributed by atoms with E-state index in [1.807, 2.05) is 4.90 Å². The van der Waals surface area contributed by atoms with Crippen LogP contribution in [0.1, 0.15) is 12.5 Å². The van der Waals surface area contributed by atoms with E-state index in [1.54, 1.807) is 21.0 Å².